The lowest BCUT2D eigenvalue weighted by Gasteiger charge is -2.11. The first kappa shape index (κ1) is 31.9. The number of para-hydroxylation sites is 2. The van der Waals surface area contributed by atoms with Gasteiger partial charge in [-0.3, -0.25) is 0 Å². The molecule has 4 nitrogen and oxygen atoms in total. The van der Waals surface area contributed by atoms with Gasteiger partial charge >= 0.3 is 0 Å². The Morgan fingerprint density at radius 2 is 0.875 bits per heavy atom. The summed E-state index contributed by atoms with van der Waals surface area (Å²) in [5.74, 6) is 0.708. The number of hydrogen-bond donors (Lipinski definition) is 0. The van der Waals surface area contributed by atoms with Gasteiger partial charge in [-0.25, -0.2) is 9.97 Å². The maximum absolute atomic E-state index is 5.03. The van der Waals surface area contributed by atoms with E-state index in [2.05, 4.69) is 179 Å². The second-order valence-electron chi connectivity index (χ2n) is 14.3. The van der Waals surface area contributed by atoms with E-state index in [1.54, 1.807) is 0 Å². The smallest absolute Gasteiger partial charge is 0.160 e. The largest absolute Gasteiger partial charge is 0.317 e. The second-order valence-corrected chi connectivity index (χ2v) is 14.3. The van der Waals surface area contributed by atoms with Crippen molar-refractivity contribution < 1.29 is 0 Å². The molecule has 0 aliphatic heterocycles. The average molecular weight is 715 g/mol. The zero-order chi connectivity index (χ0) is 37.0. The van der Waals surface area contributed by atoms with Gasteiger partial charge in [-0.15, -0.1) is 0 Å². The Bertz CT molecular complexity index is 3140. The van der Waals surface area contributed by atoms with E-state index >= 15 is 0 Å². The van der Waals surface area contributed by atoms with Gasteiger partial charge in [0.1, 0.15) is 0 Å². The Morgan fingerprint density at radius 1 is 0.321 bits per heavy atom. The number of nitrogens with zero attached hydrogens (tertiary/aromatic N) is 4. The van der Waals surface area contributed by atoms with E-state index < -0.39 is 0 Å². The molecule has 0 atom stereocenters. The van der Waals surface area contributed by atoms with Gasteiger partial charge in [0.05, 0.1) is 27.9 Å². The molecule has 4 heteroatoms. The Kier molecular flexibility index (Phi) is 7.46. The Morgan fingerprint density at radius 3 is 1.55 bits per heavy atom. The number of hydrogen-bond acceptors (Lipinski definition) is 2. The minimum absolute atomic E-state index is 0.708. The number of benzene rings is 8. The van der Waals surface area contributed by atoms with Crippen LogP contribution in [0.15, 0.2) is 206 Å². The lowest BCUT2D eigenvalue weighted by Crippen LogP contribution is -1.96. The SMILES string of the molecule is c1ccc(-c2cc(-c3ccccc3)nc(-c3ccc(-c4ccc(-n5c6ccccc6c6cc7cc8ccn(-c9ccccc9)c8cc7cc65)cc4)cc3)n2)cc1. The Balaban J connectivity index is 0.964. The average Bonchev–Trinajstić information content (AvgIpc) is 3.84. The van der Waals surface area contributed by atoms with Gasteiger partial charge in [-0.05, 0) is 88.6 Å². The van der Waals surface area contributed by atoms with Crippen molar-refractivity contribution in [3.05, 3.63) is 206 Å². The highest BCUT2D eigenvalue weighted by Gasteiger charge is 2.16. The highest BCUT2D eigenvalue weighted by atomic mass is 15.0. The van der Waals surface area contributed by atoms with Crippen LogP contribution in [0.5, 0.6) is 0 Å². The molecular weight excluding hydrogens is 681 g/mol. The van der Waals surface area contributed by atoms with Crippen LogP contribution in [-0.4, -0.2) is 19.1 Å². The predicted molar refractivity (Wildman–Crippen MR) is 232 cm³/mol. The summed E-state index contributed by atoms with van der Waals surface area (Å²) in [6.07, 6.45) is 2.17. The van der Waals surface area contributed by atoms with Crippen LogP contribution >= 0.6 is 0 Å². The first-order valence-electron chi connectivity index (χ1n) is 19.0. The summed E-state index contributed by atoms with van der Waals surface area (Å²) >= 11 is 0. The molecule has 0 unspecified atom stereocenters. The van der Waals surface area contributed by atoms with Gasteiger partial charge < -0.3 is 9.13 Å². The molecule has 262 valence electrons. The summed E-state index contributed by atoms with van der Waals surface area (Å²) in [7, 11) is 0. The molecule has 56 heavy (non-hydrogen) atoms. The van der Waals surface area contributed by atoms with Crippen LogP contribution in [0.3, 0.4) is 0 Å². The predicted octanol–water partition coefficient (Wildman–Crippen LogP) is 13.3. The minimum Gasteiger partial charge on any atom is -0.317 e. The molecule has 0 radical (unpaired) electrons. The van der Waals surface area contributed by atoms with Crippen LogP contribution in [0.25, 0.3) is 99.9 Å². The van der Waals surface area contributed by atoms with Crippen molar-refractivity contribution in [1.29, 1.82) is 0 Å². The zero-order valence-electron chi connectivity index (χ0n) is 30.4. The molecule has 11 rings (SSSR count). The Hall–Kier alpha value is -7.56. The lowest BCUT2D eigenvalue weighted by molar-refractivity contribution is 1.13. The summed E-state index contributed by atoms with van der Waals surface area (Å²) in [5, 5.41) is 6.20. The van der Waals surface area contributed by atoms with Gasteiger partial charge in [-0.2, -0.15) is 0 Å². The van der Waals surface area contributed by atoms with Gasteiger partial charge in [0, 0.05) is 50.4 Å². The zero-order valence-corrected chi connectivity index (χ0v) is 30.4. The van der Waals surface area contributed by atoms with Crippen LogP contribution in [0, 0.1) is 0 Å². The summed E-state index contributed by atoms with van der Waals surface area (Å²) in [5.41, 5.74) is 13.1. The van der Waals surface area contributed by atoms with E-state index in [-0.39, 0.29) is 0 Å². The second kappa shape index (κ2) is 13.1. The maximum Gasteiger partial charge on any atom is 0.160 e. The van der Waals surface area contributed by atoms with Crippen molar-refractivity contribution in [2.24, 2.45) is 0 Å². The highest BCUT2D eigenvalue weighted by Crippen LogP contribution is 2.37. The monoisotopic (exact) mass is 714 g/mol. The van der Waals surface area contributed by atoms with Crippen LogP contribution in [-0.2, 0) is 0 Å². The van der Waals surface area contributed by atoms with Crippen molar-refractivity contribution in [2.75, 3.05) is 0 Å². The van der Waals surface area contributed by atoms with E-state index in [0.29, 0.717) is 5.82 Å². The molecule has 0 N–H and O–H groups in total. The van der Waals surface area contributed by atoms with Gasteiger partial charge in [0.15, 0.2) is 5.82 Å². The summed E-state index contributed by atoms with van der Waals surface area (Å²) in [6.45, 7) is 0. The summed E-state index contributed by atoms with van der Waals surface area (Å²) in [6, 6.07) is 71.1. The van der Waals surface area contributed by atoms with Crippen LogP contribution in [0.4, 0.5) is 0 Å². The molecule has 0 saturated carbocycles. The highest BCUT2D eigenvalue weighted by molar-refractivity contribution is 6.15. The van der Waals surface area contributed by atoms with E-state index in [9.17, 15) is 0 Å². The molecule has 3 aromatic heterocycles. The topological polar surface area (TPSA) is 35.6 Å². The minimum atomic E-state index is 0.708. The van der Waals surface area contributed by atoms with Crippen molar-refractivity contribution in [3.8, 4) is 56.4 Å². The normalized spacial score (nSPS) is 11.6. The number of rotatable bonds is 6. The summed E-state index contributed by atoms with van der Waals surface area (Å²) in [4.78, 5) is 10.1. The number of fused-ring (bicyclic) bond motifs is 5. The van der Waals surface area contributed by atoms with Gasteiger partial charge in [0.25, 0.3) is 0 Å². The number of aromatic nitrogens is 4. The van der Waals surface area contributed by atoms with Crippen LogP contribution < -0.4 is 0 Å². The van der Waals surface area contributed by atoms with E-state index in [4.69, 9.17) is 9.97 Å². The third kappa shape index (κ3) is 5.47. The van der Waals surface area contributed by atoms with Crippen molar-refractivity contribution >= 4 is 43.5 Å². The van der Waals surface area contributed by atoms with Crippen LogP contribution in [0.1, 0.15) is 0 Å². The lowest BCUT2D eigenvalue weighted by atomic mass is 10.0. The molecule has 0 aliphatic rings. The molecule has 0 amide bonds. The Labute approximate surface area is 324 Å². The maximum atomic E-state index is 5.03. The van der Waals surface area contributed by atoms with Crippen molar-refractivity contribution in [2.45, 2.75) is 0 Å². The molecular formula is C52H34N4. The standard InChI is InChI=1S/C52H34N4/c1-4-12-37(13-5-1)47-34-48(38-14-6-2-7-15-38)54-52(53-47)39-22-20-35(21-23-39)36-24-26-44(27-25-36)56-49-19-11-10-18-45(49)46-31-41-30-40-28-29-55(43-16-8-3-9-17-43)50(40)32-42(41)33-51(46)56/h1-34H. The molecule has 0 bridgehead atoms. The third-order valence-electron chi connectivity index (χ3n) is 10.9. The quantitative estimate of drug-likeness (QED) is 0.172. The molecule has 0 fully saturated rings. The molecule has 0 spiro atoms. The molecule has 0 saturated heterocycles. The first-order valence-corrected chi connectivity index (χ1v) is 19.0. The molecule has 8 aromatic carbocycles. The van der Waals surface area contributed by atoms with E-state index in [1.807, 2.05) is 36.4 Å². The fraction of sp³-hybridized carbons (Fsp3) is 0. The fourth-order valence-corrected chi connectivity index (χ4v) is 8.14. The first-order chi connectivity index (χ1) is 27.7. The van der Waals surface area contributed by atoms with Gasteiger partial charge in [-0.1, -0.05) is 133 Å². The van der Waals surface area contributed by atoms with Crippen molar-refractivity contribution in [3.63, 3.8) is 0 Å². The fourth-order valence-electron chi connectivity index (χ4n) is 8.14. The van der Waals surface area contributed by atoms with E-state index in [1.165, 1.54) is 43.5 Å². The van der Waals surface area contributed by atoms with Crippen LogP contribution in [0.2, 0.25) is 0 Å². The third-order valence-corrected chi connectivity index (χ3v) is 10.9. The summed E-state index contributed by atoms with van der Waals surface area (Å²) < 4.78 is 4.68. The molecule has 11 aromatic rings. The van der Waals surface area contributed by atoms with Crippen molar-refractivity contribution in [1.82, 2.24) is 19.1 Å². The van der Waals surface area contributed by atoms with E-state index in [0.717, 1.165) is 50.6 Å². The van der Waals surface area contributed by atoms with Gasteiger partial charge in [0.2, 0.25) is 0 Å². The molecule has 0 aliphatic carbocycles. The molecule has 3 heterocycles.